The van der Waals surface area contributed by atoms with E-state index in [0.717, 1.165) is 67.8 Å². The van der Waals surface area contributed by atoms with Crippen molar-refractivity contribution >= 4 is 17.5 Å². The highest BCUT2D eigenvalue weighted by molar-refractivity contribution is 5.94. The molecule has 2 aliphatic rings. The summed E-state index contributed by atoms with van der Waals surface area (Å²) in [5.74, 6) is 1.46. The number of rotatable bonds is 4. The fourth-order valence-corrected chi connectivity index (χ4v) is 4.27. The Morgan fingerprint density at radius 1 is 1.11 bits per heavy atom. The highest BCUT2D eigenvalue weighted by Crippen LogP contribution is 2.34. The number of pyridine rings is 1. The highest BCUT2D eigenvalue weighted by Gasteiger charge is 2.34. The largest absolute Gasteiger partial charge is 0.329 e. The lowest BCUT2D eigenvalue weighted by Gasteiger charge is -2.23. The zero-order chi connectivity index (χ0) is 18.9. The number of amides is 1. The average Bonchev–Trinajstić information content (AvgIpc) is 3.47. The minimum atomic E-state index is -0.00442. The Kier molecular flexibility index (Phi) is 4.31. The molecule has 0 unspecified atom stereocenters. The molecular weight excluding hydrogens is 354 g/mol. The fourth-order valence-electron chi connectivity index (χ4n) is 4.27. The topological polar surface area (TPSA) is 103 Å². The standard InChI is InChI=1S/C20H23N7O/c28-20(19-13-6-1-2-7-14(13)23-26-19)27-11-5-8-16(27)15-12-18(25-24-15)22-17-9-3-4-10-21-17/h3-4,9-10,12,16H,1-2,5-8,11H2,(H,23,26)(H2,21,22,24,25)/t16-/m0/s1. The number of nitrogens with one attached hydrogen (secondary N) is 3. The van der Waals surface area contributed by atoms with Gasteiger partial charge in [0.1, 0.15) is 5.82 Å². The van der Waals surface area contributed by atoms with Crippen LogP contribution >= 0.6 is 0 Å². The zero-order valence-electron chi connectivity index (χ0n) is 15.6. The number of nitrogens with zero attached hydrogens (tertiary/aromatic N) is 4. The van der Waals surface area contributed by atoms with Crippen LogP contribution in [0.15, 0.2) is 30.5 Å². The normalized spacial score (nSPS) is 18.9. The van der Waals surface area contributed by atoms with Crippen LogP contribution in [0.2, 0.25) is 0 Å². The van der Waals surface area contributed by atoms with Gasteiger partial charge < -0.3 is 10.2 Å². The first kappa shape index (κ1) is 17.0. The predicted octanol–water partition coefficient (Wildman–Crippen LogP) is 3.13. The number of aromatic amines is 2. The molecule has 8 heteroatoms. The van der Waals surface area contributed by atoms with E-state index >= 15 is 0 Å². The quantitative estimate of drug-likeness (QED) is 0.648. The van der Waals surface area contributed by atoms with E-state index in [0.29, 0.717) is 11.5 Å². The molecule has 8 nitrogen and oxygen atoms in total. The van der Waals surface area contributed by atoms with Gasteiger partial charge in [0, 0.05) is 30.1 Å². The van der Waals surface area contributed by atoms with Crippen molar-refractivity contribution in [3.8, 4) is 0 Å². The summed E-state index contributed by atoms with van der Waals surface area (Å²) in [5.41, 5.74) is 3.79. The van der Waals surface area contributed by atoms with Crippen molar-refractivity contribution in [1.82, 2.24) is 30.3 Å². The number of anilines is 2. The maximum absolute atomic E-state index is 13.2. The van der Waals surface area contributed by atoms with E-state index in [1.807, 2.05) is 29.2 Å². The second-order valence-electron chi connectivity index (χ2n) is 7.44. The molecule has 4 heterocycles. The SMILES string of the molecule is O=C(c1n[nH]c2c1CCCC2)N1CCC[C@H]1c1cc(Nc2ccccn2)n[nH]1. The molecule has 3 aromatic heterocycles. The Labute approximate surface area is 162 Å². The van der Waals surface area contributed by atoms with Gasteiger partial charge in [0.2, 0.25) is 0 Å². The summed E-state index contributed by atoms with van der Waals surface area (Å²) in [6, 6.07) is 7.64. The Bertz CT molecular complexity index is 978. The molecule has 0 radical (unpaired) electrons. The van der Waals surface area contributed by atoms with E-state index in [1.54, 1.807) is 6.20 Å². The Morgan fingerprint density at radius 2 is 2.04 bits per heavy atom. The van der Waals surface area contributed by atoms with Gasteiger partial charge in [-0.1, -0.05) is 6.07 Å². The maximum atomic E-state index is 13.2. The predicted molar refractivity (Wildman–Crippen MR) is 104 cm³/mol. The van der Waals surface area contributed by atoms with Crippen LogP contribution in [-0.4, -0.2) is 42.7 Å². The minimum absolute atomic E-state index is 0.00442. The van der Waals surface area contributed by atoms with Crippen molar-refractivity contribution in [3.63, 3.8) is 0 Å². The number of aryl methyl sites for hydroxylation is 1. The lowest BCUT2D eigenvalue weighted by atomic mass is 9.95. The molecule has 1 saturated heterocycles. The Morgan fingerprint density at radius 3 is 2.93 bits per heavy atom. The van der Waals surface area contributed by atoms with Crippen molar-refractivity contribution in [2.75, 3.05) is 11.9 Å². The Hall–Kier alpha value is -3.16. The third-order valence-corrected chi connectivity index (χ3v) is 5.65. The molecule has 144 valence electrons. The second kappa shape index (κ2) is 7.10. The summed E-state index contributed by atoms with van der Waals surface area (Å²) in [6.07, 6.45) is 7.84. The van der Waals surface area contributed by atoms with Crippen LogP contribution < -0.4 is 5.32 Å². The van der Waals surface area contributed by atoms with Crippen molar-refractivity contribution in [2.45, 2.75) is 44.6 Å². The van der Waals surface area contributed by atoms with E-state index in [4.69, 9.17) is 0 Å². The smallest absolute Gasteiger partial charge is 0.275 e. The molecule has 1 aliphatic heterocycles. The number of hydrogen-bond acceptors (Lipinski definition) is 5. The first-order valence-electron chi connectivity index (χ1n) is 9.90. The lowest BCUT2D eigenvalue weighted by molar-refractivity contribution is 0.0725. The molecular formula is C20H23N7O. The molecule has 5 rings (SSSR count). The molecule has 1 fully saturated rings. The number of hydrogen-bond donors (Lipinski definition) is 3. The van der Waals surface area contributed by atoms with E-state index in [1.165, 1.54) is 0 Å². The number of fused-ring (bicyclic) bond motifs is 1. The summed E-state index contributed by atoms with van der Waals surface area (Å²) in [4.78, 5) is 19.4. The summed E-state index contributed by atoms with van der Waals surface area (Å²) >= 11 is 0. The van der Waals surface area contributed by atoms with Gasteiger partial charge in [-0.05, 0) is 50.7 Å². The van der Waals surface area contributed by atoms with Crippen LogP contribution in [-0.2, 0) is 12.8 Å². The van der Waals surface area contributed by atoms with Gasteiger partial charge in [-0.15, -0.1) is 0 Å². The number of carbonyl (C=O) groups is 1. The molecule has 0 saturated carbocycles. The van der Waals surface area contributed by atoms with Gasteiger partial charge >= 0.3 is 0 Å². The number of aromatic nitrogens is 5. The van der Waals surface area contributed by atoms with Gasteiger partial charge in [-0.2, -0.15) is 10.2 Å². The molecule has 1 atom stereocenters. The van der Waals surface area contributed by atoms with Crippen LogP contribution in [0, 0.1) is 0 Å². The Balaban J connectivity index is 1.36. The summed E-state index contributed by atoms with van der Waals surface area (Å²) < 4.78 is 0. The van der Waals surface area contributed by atoms with Crippen LogP contribution in [0.3, 0.4) is 0 Å². The van der Waals surface area contributed by atoms with Gasteiger partial charge in [0.15, 0.2) is 11.5 Å². The molecule has 3 aromatic rings. The van der Waals surface area contributed by atoms with E-state index in [9.17, 15) is 4.79 Å². The summed E-state index contributed by atoms with van der Waals surface area (Å²) in [5, 5.41) is 18.1. The van der Waals surface area contributed by atoms with Gasteiger partial charge in [-0.3, -0.25) is 15.0 Å². The number of carbonyl (C=O) groups excluding carboxylic acids is 1. The van der Waals surface area contributed by atoms with Crippen LogP contribution in [0.25, 0.3) is 0 Å². The monoisotopic (exact) mass is 377 g/mol. The molecule has 0 bridgehead atoms. The third kappa shape index (κ3) is 3.04. The number of likely N-dealkylation sites (tertiary alicyclic amines) is 1. The van der Waals surface area contributed by atoms with E-state index in [2.05, 4.69) is 30.7 Å². The van der Waals surface area contributed by atoms with Crippen LogP contribution in [0.1, 0.15) is 59.2 Å². The highest BCUT2D eigenvalue weighted by atomic mass is 16.2. The van der Waals surface area contributed by atoms with E-state index in [-0.39, 0.29) is 11.9 Å². The first-order chi connectivity index (χ1) is 13.8. The van der Waals surface area contributed by atoms with Gasteiger partial charge in [-0.25, -0.2) is 4.98 Å². The van der Waals surface area contributed by atoms with E-state index < -0.39 is 0 Å². The molecule has 0 spiro atoms. The number of H-pyrrole nitrogens is 2. The maximum Gasteiger partial charge on any atom is 0.275 e. The fraction of sp³-hybridized carbons (Fsp3) is 0.400. The molecule has 1 amide bonds. The lowest BCUT2D eigenvalue weighted by Crippen LogP contribution is -2.31. The third-order valence-electron chi connectivity index (χ3n) is 5.65. The van der Waals surface area contributed by atoms with Gasteiger partial charge in [0.05, 0.1) is 11.7 Å². The second-order valence-corrected chi connectivity index (χ2v) is 7.44. The molecule has 0 aromatic carbocycles. The minimum Gasteiger partial charge on any atom is -0.329 e. The van der Waals surface area contributed by atoms with Crippen molar-refractivity contribution < 1.29 is 4.79 Å². The van der Waals surface area contributed by atoms with Crippen LogP contribution in [0.4, 0.5) is 11.6 Å². The average molecular weight is 377 g/mol. The van der Waals surface area contributed by atoms with Crippen molar-refractivity contribution in [3.05, 3.63) is 53.1 Å². The first-order valence-corrected chi connectivity index (χ1v) is 9.90. The molecule has 28 heavy (non-hydrogen) atoms. The molecule has 3 N–H and O–H groups in total. The van der Waals surface area contributed by atoms with Crippen molar-refractivity contribution in [1.29, 1.82) is 0 Å². The summed E-state index contributed by atoms with van der Waals surface area (Å²) in [7, 11) is 0. The molecule has 1 aliphatic carbocycles. The van der Waals surface area contributed by atoms with Crippen LogP contribution in [0.5, 0.6) is 0 Å². The van der Waals surface area contributed by atoms with Gasteiger partial charge in [0.25, 0.3) is 5.91 Å². The van der Waals surface area contributed by atoms with Crippen molar-refractivity contribution in [2.24, 2.45) is 0 Å². The zero-order valence-corrected chi connectivity index (χ0v) is 15.6. The summed E-state index contributed by atoms with van der Waals surface area (Å²) in [6.45, 7) is 0.743.